The van der Waals surface area contributed by atoms with E-state index >= 15 is 0 Å². The van der Waals surface area contributed by atoms with Crippen LogP contribution in [0.5, 0.6) is 0 Å². The molecule has 2 aromatic heterocycles. The van der Waals surface area contributed by atoms with Crippen LogP contribution in [0.15, 0.2) is 45.3 Å². The van der Waals surface area contributed by atoms with Gasteiger partial charge in [0.2, 0.25) is 0 Å². The first-order valence-electron chi connectivity index (χ1n) is 7.53. The number of rotatable bonds is 3. The van der Waals surface area contributed by atoms with Gasteiger partial charge in [-0.2, -0.15) is 0 Å². The summed E-state index contributed by atoms with van der Waals surface area (Å²) in [4.78, 5) is 26.2. The maximum Gasteiger partial charge on any atom is 0.325 e. The predicted octanol–water partition coefficient (Wildman–Crippen LogP) is 2.70. The molecule has 1 aromatic carbocycles. The second-order valence-electron chi connectivity index (χ2n) is 6.03. The van der Waals surface area contributed by atoms with Gasteiger partial charge in [-0.05, 0) is 26.0 Å². The summed E-state index contributed by atoms with van der Waals surface area (Å²) < 4.78 is 10.9. The molecule has 1 N–H and O–H groups in total. The Balaban J connectivity index is 1.68. The molecule has 0 saturated carbocycles. The topological polar surface area (TPSA) is 88.6 Å². The van der Waals surface area contributed by atoms with Crippen LogP contribution in [0.25, 0.3) is 11.0 Å². The van der Waals surface area contributed by atoms with Crippen molar-refractivity contribution in [1.29, 1.82) is 0 Å². The van der Waals surface area contributed by atoms with Gasteiger partial charge < -0.3 is 14.3 Å². The van der Waals surface area contributed by atoms with Crippen LogP contribution >= 0.6 is 0 Å². The molecule has 1 aliphatic rings. The molecule has 1 atom stereocenters. The summed E-state index contributed by atoms with van der Waals surface area (Å²) in [6.45, 7) is 3.44. The van der Waals surface area contributed by atoms with Crippen LogP contribution in [0, 0.1) is 6.92 Å². The number of fused-ring (bicyclic) bond motifs is 1. The molecule has 0 aliphatic carbocycles. The van der Waals surface area contributed by atoms with E-state index in [9.17, 15) is 9.59 Å². The number of nitrogens with one attached hydrogen (secondary N) is 1. The van der Waals surface area contributed by atoms with E-state index < -0.39 is 11.6 Å². The van der Waals surface area contributed by atoms with E-state index in [1.54, 1.807) is 26.0 Å². The van der Waals surface area contributed by atoms with Crippen molar-refractivity contribution in [2.45, 2.75) is 25.9 Å². The highest BCUT2D eigenvalue weighted by atomic mass is 16.5. The number of hydrogen-bond donors (Lipinski definition) is 1. The highest BCUT2D eigenvalue weighted by Crippen LogP contribution is 2.33. The van der Waals surface area contributed by atoms with Crippen LogP contribution < -0.4 is 5.32 Å². The predicted molar refractivity (Wildman–Crippen MR) is 83.9 cm³/mol. The quantitative estimate of drug-likeness (QED) is 0.748. The molecule has 7 heteroatoms. The van der Waals surface area contributed by atoms with Crippen LogP contribution in [0.4, 0.5) is 4.79 Å². The molecule has 3 aromatic rings. The zero-order chi connectivity index (χ0) is 16.9. The van der Waals surface area contributed by atoms with Gasteiger partial charge in [-0.3, -0.25) is 9.69 Å². The Morgan fingerprint density at radius 2 is 2.04 bits per heavy atom. The molecule has 1 unspecified atom stereocenters. The second-order valence-corrected chi connectivity index (χ2v) is 6.03. The average molecular weight is 325 g/mol. The fourth-order valence-corrected chi connectivity index (χ4v) is 2.88. The van der Waals surface area contributed by atoms with Crippen molar-refractivity contribution >= 4 is 22.9 Å². The van der Waals surface area contributed by atoms with Gasteiger partial charge in [0.1, 0.15) is 11.3 Å². The van der Waals surface area contributed by atoms with Gasteiger partial charge in [0.15, 0.2) is 11.3 Å². The van der Waals surface area contributed by atoms with Crippen molar-refractivity contribution in [3.8, 4) is 0 Å². The SMILES string of the molecule is Cc1cc(CN2C(=O)NC(C)(c3cc4ccccc4o3)C2=O)on1. The fourth-order valence-electron chi connectivity index (χ4n) is 2.88. The van der Waals surface area contributed by atoms with Crippen molar-refractivity contribution in [2.24, 2.45) is 0 Å². The van der Waals surface area contributed by atoms with Crippen molar-refractivity contribution in [2.75, 3.05) is 0 Å². The van der Waals surface area contributed by atoms with Gasteiger partial charge in [0.25, 0.3) is 5.91 Å². The Bertz CT molecular complexity index is 925. The average Bonchev–Trinajstić information content (AvgIpc) is 3.22. The first kappa shape index (κ1) is 14.5. The lowest BCUT2D eigenvalue weighted by Gasteiger charge is -2.18. The van der Waals surface area contributed by atoms with E-state index in [2.05, 4.69) is 10.5 Å². The molecular formula is C17H15N3O4. The van der Waals surface area contributed by atoms with Crippen LogP contribution in [-0.2, 0) is 16.9 Å². The number of nitrogens with zero attached hydrogens (tertiary/aromatic N) is 2. The number of furan rings is 1. The third-order valence-corrected chi connectivity index (χ3v) is 4.18. The largest absolute Gasteiger partial charge is 0.458 e. The van der Waals surface area contributed by atoms with Gasteiger partial charge >= 0.3 is 6.03 Å². The molecule has 0 spiro atoms. The second kappa shape index (κ2) is 4.95. The molecule has 0 bridgehead atoms. The van der Waals surface area contributed by atoms with E-state index in [0.717, 1.165) is 10.3 Å². The summed E-state index contributed by atoms with van der Waals surface area (Å²) in [7, 11) is 0. The van der Waals surface area contributed by atoms with Crippen molar-refractivity contribution < 1.29 is 18.5 Å². The van der Waals surface area contributed by atoms with Crippen molar-refractivity contribution in [3.05, 3.63) is 53.6 Å². The molecule has 0 radical (unpaired) electrons. The maximum absolute atomic E-state index is 12.8. The number of hydrogen-bond acceptors (Lipinski definition) is 5. The van der Waals surface area contributed by atoms with Gasteiger partial charge in [0.05, 0.1) is 12.2 Å². The number of para-hydroxylation sites is 1. The first-order chi connectivity index (χ1) is 11.5. The lowest BCUT2D eigenvalue weighted by atomic mass is 9.99. The smallest absolute Gasteiger partial charge is 0.325 e. The van der Waals surface area contributed by atoms with E-state index in [1.807, 2.05) is 24.3 Å². The van der Waals surface area contributed by atoms with Gasteiger partial charge in [0, 0.05) is 11.5 Å². The number of aryl methyl sites for hydroxylation is 1. The molecule has 4 rings (SSSR count). The lowest BCUT2D eigenvalue weighted by Crippen LogP contribution is -2.40. The number of carbonyl (C=O) groups is 2. The highest BCUT2D eigenvalue weighted by Gasteiger charge is 2.51. The monoisotopic (exact) mass is 325 g/mol. The molecule has 3 amide bonds. The van der Waals surface area contributed by atoms with E-state index in [0.29, 0.717) is 22.8 Å². The summed E-state index contributed by atoms with van der Waals surface area (Å²) in [6.07, 6.45) is 0. The summed E-state index contributed by atoms with van der Waals surface area (Å²) >= 11 is 0. The molecule has 1 saturated heterocycles. The summed E-state index contributed by atoms with van der Waals surface area (Å²) in [5.74, 6) is 0.462. The molecule has 24 heavy (non-hydrogen) atoms. The molecule has 7 nitrogen and oxygen atoms in total. The van der Waals surface area contributed by atoms with Gasteiger partial charge in [-0.15, -0.1) is 0 Å². The highest BCUT2D eigenvalue weighted by molar-refractivity contribution is 6.07. The maximum atomic E-state index is 12.8. The third-order valence-electron chi connectivity index (χ3n) is 4.18. The Kier molecular flexibility index (Phi) is 2.99. The minimum absolute atomic E-state index is 0.0291. The fraction of sp³-hybridized carbons (Fsp3) is 0.235. The molecule has 1 aliphatic heterocycles. The normalized spacial score (nSPS) is 20.8. The molecule has 3 heterocycles. The van der Waals surface area contributed by atoms with Crippen LogP contribution in [-0.4, -0.2) is 22.0 Å². The lowest BCUT2D eigenvalue weighted by molar-refractivity contribution is -0.132. The van der Waals surface area contributed by atoms with Gasteiger partial charge in [-0.1, -0.05) is 23.4 Å². The first-order valence-corrected chi connectivity index (χ1v) is 7.53. The number of urea groups is 1. The minimum Gasteiger partial charge on any atom is -0.458 e. The van der Waals surface area contributed by atoms with Crippen LogP contribution in [0.2, 0.25) is 0 Å². The molecule has 1 fully saturated rings. The number of benzene rings is 1. The Morgan fingerprint density at radius 3 is 2.75 bits per heavy atom. The van der Waals surface area contributed by atoms with Crippen LogP contribution in [0.3, 0.4) is 0 Å². The molecule has 122 valence electrons. The zero-order valence-electron chi connectivity index (χ0n) is 13.2. The summed E-state index contributed by atoms with van der Waals surface area (Å²) in [6, 6.07) is 10.4. The summed E-state index contributed by atoms with van der Waals surface area (Å²) in [5.41, 5.74) is 0.114. The number of carbonyl (C=O) groups excluding carboxylic acids is 2. The zero-order valence-corrected chi connectivity index (χ0v) is 13.2. The van der Waals surface area contributed by atoms with Gasteiger partial charge in [-0.25, -0.2) is 4.79 Å². The standard InChI is InChI=1S/C17H15N3O4/c1-10-7-12(24-19-10)9-20-15(21)17(2,18-16(20)22)14-8-11-5-3-4-6-13(11)23-14/h3-8H,9H2,1-2H3,(H,18,22). The molecular weight excluding hydrogens is 310 g/mol. The van der Waals surface area contributed by atoms with Crippen molar-refractivity contribution in [3.63, 3.8) is 0 Å². The minimum atomic E-state index is -1.24. The van der Waals surface area contributed by atoms with Crippen molar-refractivity contribution in [1.82, 2.24) is 15.4 Å². The number of amides is 3. The van der Waals surface area contributed by atoms with E-state index in [4.69, 9.17) is 8.94 Å². The van der Waals surface area contributed by atoms with E-state index in [-0.39, 0.29) is 12.5 Å². The number of aromatic nitrogens is 1. The Hall–Kier alpha value is -3.09. The van der Waals surface area contributed by atoms with E-state index in [1.165, 1.54) is 0 Å². The third kappa shape index (κ3) is 2.09. The Morgan fingerprint density at radius 1 is 1.25 bits per heavy atom. The van der Waals surface area contributed by atoms with Crippen LogP contribution in [0.1, 0.15) is 24.1 Å². The Labute approximate surface area is 137 Å². The summed E-state index contributed by atoms with van der Waals surface area (Å²) in [5, 5.41) is 7.36. The number of imide groups is 1.